The number of hydrogen-bond acceptors (Lipinski definition) is 4. The normalized spacial score (nSPS) is 17.6. The Bertz CT molecular complexity index is 1380. The van der Waals surface area contributed by atoms with Gasteiger partial charge >= 0.3 is 0 Å². The number of thiophene rings is 1. The van der Waals surface area contributed by atoms with Gasteiger partial charge in [0, 0.05) is 18.5 Å². The maximum atomic E-state index is 13.7. The number of carbonyl (C=O) groups is 2. The molecule has 174 valence electrons. The Kier molecular flexibility index (Phi) is 5.61. The van der Waals surface area contributed by atoms with Crippen molar-refractivity contribution in [1.82, 2.24) is 14.8 Å². The number of benzene rings is 2. The largest absolute Gasteiger partial charge is 0.497 e. The van der Waals surface area contributed by atoms with E-state index >= 15 is 0 Å². The van der Waals surface area contributed by atoms with Gasteiger partial charge in [-0.1, -0.05) is 24.3 Å². The van der Waals surface area contributed by atoms with Crippen LogP contribution in [0.5, 0.6) is 5.75 Å². The van der Waals surface area contributed by atoms with Crippen molar-refractivity contribution >= 4 is 33.4 Å². The number of aromatic nitrogens is 1. The molecule has 2 aromatic carbocycles. The predicted molar refractivity (Wildman–Crippen MR) is 129 cm³/mol. The van der Waals surface area contributed by atoms with Crippen molar-refractivity contribution in [2.45, 2.75) is 32.1 Å². The maximum absolute atomic E-state index is 13.7. The average Bonchev–Trinajstić information content (AvgIpc) is 3.44. The van der Waals surface area contributed by atoms with Gasteiger partial charge in [0.15, 0.2) is 0 Å². The highest BCUT2D eigenvalue weighted by molar-refractivity contribution is 7.16. The summed E-state index contributed by atoms with van der Waals surface area (Å²) in [5, 5.41) is 5.94. The van der Waals surface area contributed by atoms with Gasteiger partial charge in [-0.15, -0.1) is 11.3 Å². The number of nitrogens with one attached hydrogen (secondary N) is 1. The summed E-state index contributed by atoms with van der Waals surface area (Å²) in [6.45, 7) is 2.63. The number of nitrogens with zero attached hydrogens (tertiary/aromatic N) is 2. The minimum Gasteiger partial charge on any atom is -0.497 e. The van der Waals surface area contributed by atoms with Crippen LogP contribution in [0.1, 0.15) is 28.5 Å². The first-order valence-corrected chi connectivity index (χ1v) is 11.8. The van der Waals surface area contributed by atoms with Crippen molar-refractivity contribution in [3.8, 4) is 5.75 Å². The molecule has 3 heterocycles. The van der Waals surface area contributed by atoms with Crippen LogP contribution in [-0.4, -0.2) is 33.9 Å². The highest BCUT2D eigenvalue weighted by Gasteiger charge is 2.47. The number of hydrogen-bond donors (Lipinski definition) is 1. The molecule has 0 fully saturated rings. The van der Waals surface area contributed by atoms with E-state index < -0.39 is 5.54 Å². The van der Waals surface area contributed by atoms with E-state index in [2.05, 4.69) is 5.32 Å². The molecule has 8 heteroatoms. The third-order valence-electron chi connectivity index (χ3n) is 6.36. The van der Waals surface area contributed by atoms with Gasteiger partial charge < -0.3 is 19.5 Å². The van der Waals surface area contributed by atoms with Gasteiger partial charge in [0.05, 0.1) is 13.7 Å². The Hall–Kier alpha value is -3.65. The standard InChI is InChI=1S/C26H24FN3O3S/c1-26(25(32)28-14-17-6-8-20(27)9-7-17)16-29-22(13-19-10-11-34-24(19)29)23(31)30(26)15-18-4-3-5-21(12-18)33-2/h3-13H,14-16H2,1-2H3,(H,28,32)/t26-/m0/s1. The highest BCUT2D eigenvalue weighted by atomic mass is 32.1. The summed E-state index contributed by atoms with van der Waals surface area (Å²) in [6, 6.07) is 17.4. The molecular formula is C26H24FN3O3S. The first-order valence-electron chi connectivity index (χ1n) is 10.9. The molecule has 0 saturated heterocycles. The lowest BCUT2D eigenvalue weighted by Crippen LogP contribution is -2.63. The van der Waals surface area contributed by atoms with E-state index in [4.69, 9.17) is 4.74 Å². The van der Waals surface area contributed by atoms with E-state index in [1.807, 2.05) is 46.3 Å². The number of carbonyl (C=O) groups excluding carboxylic acids is 2. The number of fused-ring (bicyclic) bond motifs is 3. The Morgan fingerprint density at radius 2 is 1.94 bits per heavy atom. The second kappa shape index (κ2) is 8.61. The van der Waals surface area contributed by atoms with Crippen LogP contribution in [0.3, 0.4) is 0 Å². The lowest BCUT2D eigenvalue weighted by Gasteiger charge is -2.44. The summed E-state index contributed by atoms with van der Waals surface area (Å²) in [4.78, 5) is 30.0. The van der Waals surface area contributed by atoms with Crippen molar-refractivity contribution < 1.29 is 18.7 Å². The number of amides is 2. The third-order valence-corrected chi connectivity index (χ3v) is 7.31. The zero-order valence-electron chi connectivity index (χ0n) is 18.9. The van der Waals surface area contributed by atoms with Gasteiger partial charge in [0.2, 0.25) is 5.91 Å². The smallest absolute Gasteiger partial charge is 0.271 e. The highest BCUT2D eigenvalue weighted by Crippen LogP contribution is 2.35. The topological polar surface area (TPSA) is 63.6 Å². The van der Waals surface area contributed by atoms with Gasteiger partial charge in [0.1, 0.15) is 27.6 Å². The predicted octanol–water partition coefficient (Wildman–Crippen LogP) is 4.58. The van der Waals surface area contributed by atoms with Crippen molar-refractivity contribution in [1.29, 1.82) is 0 Å². The Morgan fingerprint density at radius 1 is 1.15 bits per heavy atom. The first-order chi connectivity index (χ1) is 16.4. The SMILES string of the molecule is COc1cccc(CN2C(=O)c3cc4ccsc4n3C[C@@]2(C)C(=O)NCc2ccc(F)cc2)c1. The zero-order chi connectivity index (χ0) is 23.9. The fourth-order valence-corrected chi connectivity index (χ4v) is 5.33. The van der Waals surface area contributed by atoms with E-state index in [-0.39, 0.29) is 30.7 Å². The molecule has 0 bridgehead atoms. The minimum absolute atomic E-state index is 0.197. The Labute approximate surface area is 200 Å². The molecule has 0 spiro atoms. The molecule has 0 saturated carbocycles. The Morgan fingerprint density at radius 3 is 2.71 bits per heavy atom. The molecule has 1 N–H and O–H groups in total. The molecule has 34 heavy (non-hydrogen) atoms. The number of methoxy groups -OCH3 is 1. The molecule has 1 atom stereocenters. The zero-order valence-corrected chi connectivity index (χ0v) is 19.7. The molecule has 2 amide bonds. The van der Waals surface area contributed by atoms with E-state index in [1.165, 1.54) is 12.1 Å². The fraction of sp³-hybridized carbons (Fsp3) is 0.231. The van der Waals surface area contributed by atoms with E-state index in [0.29, 0.717) is 18.0 Å². The first kappa shape index (κ1) is 22.2. The molecule has 0 radical (unpaired) electrons. The van der Waals surface area contributed by atoms with Crippen LogP contribution in [-0.2, 0) is 24.4 Å². The van der Waals surface area contributed by atoms with Gasteiger partial charge in [-0.2, -0.15) is 0 Å². The van der Waals surface area contributed by atoms with E-state index in [9.17, 15) is 14.0 Å². The van der Waals surface area contributed by atoms with Gasteiger partial charge in [-0.25, -0.2) is 4.39 Å². The third kappa shape index (κ3) is 3.84. The summed E-state index contributed by atoms with van der Waals surface area (Å²) in [6.07, 6.45) is 0. The fourth-order valence-electron chi connectivity index (χ4n) is 4.43. The minimum atomic E-state index is -1.14. The molecule has 0 unspecified atom stereocenters. The van der Waals surface area contributed by atoms with Crippen LogP contribution in [0, 0.1) is 5.82 Å². The van der Waals surface area contributed by atoms with Crippen molar-refractivity contribution in [3.05, 3.63) is 88.7 Å². The summed E-state index contributed by atoms with van der Waals surface area (Å²) in [5.74, 6) is -0.105. The number of halogens is 1. The van der Waals surface area contributed by atoms with E-state index in [0.717, 1.165) is 21.3 Å². The summed E-state index contributed by atoms with van der Waals surface area (Å²) >= 11 is 1.55. The van der Waals surface area contributed by atoms with Gasteiger partial charge in [0.25, 0.3) is 5.91 Å². The molecule has 0 aliphatic carbocycles. The van der Waals surface area contributed by atoms with Crippen LogP contribution in [0.4, 0.5) is 4.39 Å². The van der Waals surface area contributed by atoms with Gasteiger partial charge in [-0.05, 0) is 59.8 Å². The van der Waals surface area contributed by atoms with Crippen LogP contribution < -0.4 is 10.1 Å². The van der Waals surface area contributed by atoms with Crippen LogP contribution in [0.15, 0.2) is 66.0 Å². The Balaban J connectivity index is 1.50. The van der Waals surface area contributed by atoms with E-state index in [1.54, 1.807) is 42.4 Å². The van der Waals surface area contributed by atoms with Crippen LogP contribution in [0.25, 0.3) is 10.2 Å². The second-order valence-corrected chi connectivity index (χ2v) is 9.52. The number of rotatable bonds is 6. The lowest BCUT2D eigenvalue weighted by molar-refractivity contribution is -0.133. The quantitative estimate of drug-likeness (QED) is 0.442. The van der Waals surface area contributed by atoms with Crippen LogP contribution in [0.2, 0.25) is 0 Å². The molecule has 5 rings (SSSR count). The molecular weight excluding hydrogens is 453 g/mol. The lowest BCUT2D eigenvalue weighted by atomic mass is 9.93. The number of ether oxygens (including phenoxy) is 1. The molecule has 6 nitrogen and oxygen atoms in total. The molecule has 1 aliphatic heterocycles. The molecule has 2 aromatic heterocycles. The van der Waals surface area contributed by atoms with Crippen molar-refractivity contribution in [3.63, 3.8) is 0 Å². The average molecular weight is 478 g/mol. The summed E-state index contributed by atoms with van der Waals surface area (Å²) < 4.78 is 20.5. The van der Waals surface area contributed by atoms with Crippen LogP contribution >= 0.6 is 11.3 Å². The summed E-state index contributed by atoms with van der Waals surface area (Å²) in [7, 11) is 1.60. The molecule has 1 aliphatic rings. The molecule has 4 aromatic rings. The van der Waals surface area contributed by atoms with Crippen molar-refractivity contribution in [2.24, 2.45) is 0 Å². The second-order valence-electron chi connectivity index (χ2n) is 8.62. The monoisotopic (exact) mass is 477 g/mol. The summed E-state index contributed by atoms with van der Waals surface area (Å²) in [5.41, 5.74) is 1.09. The maximum Gasteiger partial charge on any atom is 0.271 e. The van der Waals surface area contributed by atoms with Gasteiger partial charge in [-0.3, -0.25) is 9.59 Å². The van der Waals surface area contributed by atoms with Crippen molar-refractivity contribution in [2.75, 3.05) is 7.11 Å².